The van der Waals surface area contributed by atoms with Gasteiger partial charge in [-0.3, -0.25) is 0 Å². The van der Waals surface area contributed by atoms with E-state index in [0.29, 0.717) is 0 Å². The summed E-state index contributed by atoms with van der Waals surface area (Å²) in [6.45, 7) is 9.36. The first-order valence-electron chi connectivity index (χ1n) is 4.84. The van der Waals surface area contributed by atoms with E-state index in [1.54, 1.807) is 0 Å². The smallest absolute Gasteiger partial charge is 0.0525 e. The lowest BCUT2D eigenvalue weighted by molar-refractivity contribution is 0.468. The zero-order valence-electron chi connectivity index (χ0n) is 8.54. The third-order valence-electron chi connectivity index (χ3n) is 2.44. The van der Waals surface area contributed by atoms with Gasteiger partial charge in [0.25, 0.3) is 0 Å². The summed E-state index contributed by atoms with van der Waals surface area (Å²) in [5, 5.41) is 0. The summed E-state index contributed by atoms with van der Waals surface area (Å²) in [6.07, 6.45) is 0. The Balaban J connectivity index is 2.30. The molecule has 0 aromatic heterocycles. The van der Waals surface area contributed by atoms with Gasteiger partial charge in [0.15, 0.2) is 0 Å². The Morgan fingerprint density at radius 1 is 0.917 bits per heavy atom. The molecule has 0 aliphatic carbocycles. The number of hydrogen-bond acceptors (Lipinski definition) is 2. The van der Waals surface area contributed by atoms with Crippen LogP contribution in [0.4, 0.5) is 0 Å². The summed E-state index contributed by atoms with van der Waals surface area (Å²) in [7, 11) is 0. The monoisotopic (exact) mass is 204 g/mol. The largest absolute Gasteiger partial charge is 0.147 e. The highest BCUT2D eigenvalue weighted by molar-refractivity contribution is 8.17. The van der Waals surface area contributed by atoms with Crippen molar-refractivity contribution in [3.63, 3.8) is 0 Å². The number of thioether (sulfide) groups is 2. The standard InChI is InChI=1S/C10H20S2/c1-7(2)9-5-11-10(8(3)4)12-6-9/h7-10H,5-6H2,1-4H3. The minimum atomic E-state index is 0.841. The lowest BCUT2D eigenvalue weighted by atomic mass is 10.0. The first-order valence-corrected chi connectivity index (χ1v) is 6.94. The van der Waals surface area contributed by atoms with Gasteiger partial charge in [-0.25, -0.2) is 0 Å². The van der Waals surface area contributed by atoms with Crippen molar-refractivity contribution in [2.45, 2.75) is 32.3 Å². The minimum Gasteiger partial charge on any atom is -0.147 e. The van der Waals surface area contributed by atoms with Crippen molar-refractivity contribution in [2.75, 3.05) is 11.5 Å². The summed E-state index contributed by atoms with van der Waals surface area (Å²) in [5.41, 5.74) is 0. The van der Waals surface area contributed by atoms with Crippen LogP contribution in [0.15, 0.2) is 0 Å². The minimum absolute atomic E-state index is 0.841. The molecule has 12 heavy (non-hydrogen) atoms. The highest BCUT2D eigenvalue weighted by atomic mass is 32.2. The number of rotatable bonds is 2. The molecule has 0 aromatic rings. The van der Waals surface area contributed by atoms with E-state index in [9.17, 15) is 0 Å². The first-order chi connectivity index (χ1) is 5.61. The van der Waals surface area contributed by atoms with Crippen LogP contribution in [0.2, 0.25) is 0 Å². The fourth-order valence-corrected chi connectivity index (χ4v) is 4.96. The van der Waals surface area contributed by atoms with Gasteiger partial charge in [-0.2, -0.15) is 0 Å². The Bertz CT molecular complexity index is 108. The Kier molecular flexibility index (Phi) is 4.31. The van der Waals surface area contributed by atoms with Crippen LogP contribution in [0.25, 0.3) is 0 Å². The molecule has 2 heteroatoms. The summed E-state index contributed by atoms with van der Waals surface area (Å²) < 4.78 is 0.861. The molecular formula is C10H20S2. The van der Waals surface area contributed by atoms with Crippen molar-refractivity contribution in [2.24, 2.45) is 17.8 Å². The normalized spacial score (nSPS) is 31.5. The van der Waals surface area contributed by atoms with Gasteiger partial charge >= 0.3 is 0 Å². The zero-order valence-corrected chi connectivity index (χ0v) is 10.2. The molecule has 0 nitrogen and oxygen atoms in total. The van der Waals surface area contributed by atoms with Crippen LogP contribution in [0, 0.1) is 17.8 Å². The van der Waals surface area contributed by atoms with Crippen LogP contribution in [-0.4, -0.2) is 16.1 Å². The predicted molar refractivity (Wildman–Crippen MR) is 61.9 cm³/mol. The van der Waals surface area contributed by atoms with Crippen LogP contribution in [0.3, 0.4) is 0 Å². The molecule has 1 aliphatic heterocycles. The van der Waals surface area contributed by atoms with Gasteiger partial charge in [-0.05, 0) is 29.3 Å². The van der Waals surface area contributed by atoms with Gasteiger partial charge in [0.2, 0.25) is 0 Å². The van der Waals surface area contributed by atoms with E-state index in [1.807, 2.05) is 0 Å². The third-order valence-corrected chi connectivity index (χ3v) is 6.24. The van der Waals surface area contributed by atoms with E-state index in [4.69, 9.17) is 0 Å². The molecule has 0 unspecified atom stereocenters. The molecule has 1 aliphatic rings. The summed E-state index contributed by atoms with van der Waals surface area (Å²) in [4.78, 5) is 0. The van der Waals surface area contributed by atoms with Gasteiger partial charge < -0.3 is 0 Å². The lowest BCUT2D eigenvalue weighted by Gasteiger charge is -2.31. The van der Waals surface area contributed by atoms with Crippen LogP contribution in [-0.2, 0) is 0 Å². The molecule has 1 rings (SSSR count). The molecule has 0 spiro atoms. The maximum atomic E-state index is 2.35. The van der Waals surface area contributed by atoms with E-state index in [0.717, 1.165) is 22.3 Å². The van der Waals surface area contributed by atoms with Crippen molar-refractivity contribution in [3.05, 3.63) is 0 Å². The van der Waals surface area contributed by atoms with Crippen LogP contribution >= 0.6 is 23.5 Å². The second-order valence-corrected chi connectivity index (χ2v) is 6.93. The Hall–Kier alpha value is 0.700. The number of hydrogen-bond donors (Lipinski definition) is 0. The van der Waals surface area contributed by atoms with E-state index < -0.39 is 0 Å². The van der Waals surface area contributed by atoms with Crippen LogP contribution in [0.1, 0.15) is 27.7 Å². The van der Waals surface area contributed by atoms with E-state index in [-0.39, 0.29) is 0 Å². The first kappa shape index (κ1) is 10.8. The van der Waals surface area contributed by atoms with E-state index >= 15 is 0 Å². The maximum Gasteiger partial charge on any atom is 0.0525 e. The Morgan fingerprint density at radius 2 is 1.42 bits per heavy atom. The molecule has 0 N–H and O–H groups in total. The summed E-state index contributed by atoms with van der Waals surface area (Å²) in [5.74, 6) is 5.43. The van der Waals surface area contributed by atoms with Gasteiger partial charge in [-0.1, -0.05) is 27.7 Å². The average molecular weight is 204 g/mol. The van der Waals surface area contributed by atoms with E-state index in [1.165, 1.54) is 11.5 Å². The van der Waals surface area contributed by atoms with Crippen LogP contribution < -0.4 is 0 Å². The van der Waals surface area contributed by atoms with Crippen molar-refractivity contribution < 1.29 is 0 Å². The maximum absolute atomic E-state index is 2.35. The fraction of sp³-hybridized carbons (Fsp3) is 1.00. The fourth-order valence-electron chi connectivity index (χ4n) is 1.30. The quantitative estimate of drug-likeness (QED) is 0.672. The second kappa shape index (κ2) is 4.80. The summed E-state index contributed by atoms with van der Waals surface area (Å²) in [6, 6.07) is 0. The third kappa shape index (κ3) is 2.88. The molecule has 0 aromatic carbocycles. The van der Waals surface area contributed by atoms with Crippen LogP contribution in [0.5, 0.6) is 0 Å². The average Bonchev–Trinajstić information content (AvgIpc) is 2.04. The van der Waals surface area contributed by atoms with Crippen molar-refractivity contribution >= 4 is 23.5 Å². The second-order valence-electron chi connectivity index (χ2n) is 4.28. The van der Waals surface area contributed by atoms with Gasteiger partial charge in [0, 0.05) is 0 Å². The van der Waals surface area contributed by atoms with E-state index in [2.05, 4.69) is 51.2 Å². The molecule has 1 heterocycles. The molecule has 0 atom stereocenters. The molecule has 0 radical (unpaired) electrons. The zero-order chi connectivity index (χ0) is 9.14. The highest BCUT2D eigenvalue weighted by Crippen LogP contribution is 2.39. The van der Waals surface area contributed by atoms with Gasteiger partial charge in [0.1, 0.15) is 0 Å². The van der Waals surface area contributed by atoms with Crippen molar-refractivity contribution in [3.8, 4) is 0 Å². The van der Waals surface area contributed by atoms with Gasteiger partial charge in [0.05, 0.1) is 4.58 Å². The molecule has 1 fully saturated rings. The highest BCUT2D eigenvalue weighted by Gasteiger charge is 2.25. The Labute approximate surface area is 85.3 Å². The topological polar surface area (TPSA) is 0 Å². The molecular weight excluding hydrogens is 184 g/mol. The molecule has 0 bridgehead atoms. The molecule has 0 saturated carbocycles. The molecule has 0 amide bonds. The summed E-state index contributed by atoms with van der Waals surface area (Å²) >= 11 is 4.34. The van der Waals surface area contributed by atoms with Crippen molar-refractivity contribution in [1.82, 2.24) is 0 Å². The van der Waals surface area contributed by atoms with Gasteiger partial charge in [-0.15, -0.1) is 23.5 Å². The lowest BCUT2D eigenvalue weighted by Crippen LogP contribution is -2.24. The predicted octanol–water partition coefficient (Wildman–Crippen LogP) is 3.72. The molecule has 72 valence electrons. The molecule has 1 saturated heterocycles. The SMILES string of the molecule is CC(C)C1CSC(C(C)C)SC1. The van der Waals surface area contributed by atoms with Crippen molar-refractivity contribution in [1.29, 1.82) is 0 Å². The Morgan fingerprint density at radius 3 is 1.75 bits per heavy atom.